The van der Waals surface area contributed by atoms with Gasteiger partial charge in [-0.3, -0.25) is 9.36 Å². The van der Waals surface area contributed by atoms with Gasteiger partial charge < -0.3 is 10.1 Å². The Bertz CT molecular complexity index is 1060. The minimum Gasteiger partial charge on any atom is -0.485 e. The quantitative estimate of drug-likeness (QED) is 0.341. The number of allylic oxidation sites excluding steroid dienone is 1. The van der Waals surface area contributed by atoms with Crippen molar-refractivity contribution in [3.63, 3.8) is 0 Å². The summed E-state index contributed by atoms with van der Waals surface area (Å²) in [5.74, 6) is 1.42. The lowest BCUT2D eigenvalue weighted by Crippen LogP contribution is -2.15. The van der Waals surface area contributed by atoms with Gasteiger partial charge in [0.15, 0.2) is 11.0 Å². The molecule has 9 heteroatoms. The smallest absolute Gasteiger partial charge is 0.234 e. The predicted molar refractivity (Wildman–Crippen MR) is 122 cm³/mol. The van der Waals surface area contributed by atoms with E-state index in [-0.39, 0.29) is 18.3 Å². The molecule has 0 atom stereocenters. The average molecular weight is 463 g/mol. The van der Waals surface area contributed by atoms with Crippen LogP contribution in [0.15, 0.2) is 60.3 Å². The molecule has 3 aromatic rings. The van der Waals surface area contributed by atoms with E-state index in [0.29, 0.717) is 33.3 Å². The van der Waals surface area contributed by atoms with Gasteiger partial charge in [0, 0.05) is 12.2 Å². The van der Waals surface area contributed by atoms with Crippen molar-refractivity contribution < 1.29 is 9.53 Å². The van der Waals surface area contributed by atoms with Crippen LogP contribution in [0.2, 0.25) is 10.0 Å². The zero-order chi connectivity index (χ0) is 21.5. The van der Waals surface area contributed by atoms with E-state index in [1.807, 2.05) is 35.8 Å². The summed E-state index contributed by atoms with van der Waals surface area (Å²) in [4.78, 5) is 12.3. The van der Waals surface area contributed by atoms with Crippen molar-refractivity contribution in [3.05, 3.63) is 76.6 Å². The Morgan fingerprint density at radius 1 is 1.23 bits per heavy atom. The number of thioether (sulfide) groups is 1. The van der Waals surface area contributed by atoms with Gasteiger partial charge >= 0.3 is 0 Å². The number of anilines is 1. The molecule has 0 saturated carbocycles. The average Bonchev–Trinajstić information content (AvgIpc) is 3.10. The highest BCUT2D eigenvalue weighted by Gasteiger charge is 2.15. The number of amides is 1. The van der Waals surface area contributed by atoms with Gasteiger partial charge in [0.25, 0.3) is 0 Å². The summed E-state index contributed by atoms with van der Waals surface area (Å²) in [5, 5.41) is 12.6. The van der Waals surface area contributed by atoms with E-state index < -0.39 is 0 Å². The fraction of sp³-hybridized carbons (Fsp3) is 0.190. The maximum Gasteiger partial charge on any atom is 0.234 e. The molecule has 0 aliphatic carbocycles. The lowest BCUT2D eigenvalue weighted by molar-refractivity contribution is -0.113. The van der Waals surface area contributed by atoms with Gasteiger partial charge in [-0.1, -0.05) is 59.2 Å². The second-order valence-electron chi connectivity index (χ2n) is 6.32. The molecule has 1 aromatic heterocycles. The van der Waals surface area contributed by atoms with Crippen LogP contribution in [0.4, 0.5) is 5.69 Å². The minimum absolute atomic E-state index is 0.161. The number of aromatic nitrogens is 3. The van der Waals surface area contributed by atoms with Crippen molar-refractivity contribution in [2.75, 3.05) is 11.1 Å². The van der Waals surface area contributed by atoms with Crippen LogP contribution < -0.4 is 10.1 Å². The van der Waals surface area contributed by atoms with E-state index in [1.165, 1.54) is 11.8 Å². The predicted octanol–water partition coefficient (Wildman–Crippen LogP) is 5.39. The van der Waals surface area contributed by atoms with Gasteiger partial charge in [0.1, 0.15) is 12.4 Å². The van der Waals surface area contributed by atoms with Crippen molar-refractivity contribution in [2.45, 2.75) is 25.2 Å². The van der Waals surface area contributed by atoms with Gasteiger partial charge in [-0.2, -0.15) is 0 Å². The Labute approximate surface area is 189 Å². The van der Waals surface area contributed by atoms with E-state index in [1.54, 1.807) is 24.3 Å². The van der Waals surface area contributed by atoms with Gasteiger partial charge in [-0.15, -0.1) is 16.8 Å². The van der Waals surface area contributed by atoms with Crippen LogP contribution in [0.3, 0.4) is 0 Å². The largest absolute Gasteiger partial charge is 0.485 e. The second-order valence-corrected chi connectivity index (χ2v) is 8.07. The molecule has 0 aliphatic rings. The third-order valence-corrected chi connectivity index (χ3v) is 5.80. The van der Waals surface area contributed by atoms with E-state index >= 15 is 0 Å². The summed E-state index contributed by atoms with van der Waals surface area (Å²) in [6.07, 6.45) is 1.75. The standard InChI is InChI=1S/C21H20Cl2N4O2S/c1-3-10-27-19(12-29-18-7-5-4-6-14(18)2)25-26-21(27)30-13-20(28)24-15-8-9-16(22)17(23)11-15/h3-9,11H,1,10,12-13H2,2H3,(H,24,28). The molecule has 0 bridgehead atoms. The number of hydrogen-bond donors (Lipinski definition) is 1. The Morgan fingerprint density at radius 3 is 2.77 bits per heavy atom. The first kappa shape index (κ1) is 22.2. The summed E-state index contributed by atoms with van der Waals surface area (Å²) in [5.41, 5.74) is 1.62. The van der Waals surface area contributed by atoms with E-state index in [9.17, 15) is 4.79 Å². The number of hydrogen-bond acceptors (Lipinski definition) is 5. The number of benzene rings is 2. The molecule has 30 heavy (non-hydrogen) atoms. The van der Waals surface area contributed by atoms with E-state index in [0.717, 1.165) is 11.3 Å². The molecule has 0 saturated heterocycles. The lowest BCUT2D eigenvalue weighted by atomic mass is 10.2. The molecule has 1 N–H and O–H groups in total. The molecule has 2 aromatic carbocycles. The van der Waals surface area contributed by atoms with Crippen LogP contribution in [-0.2, 0) is 17.9 Å². The number of halogens is 2. The molecule has 3 rings (SSSR count). The van der Waals surface area contributed by atoms with Crippen molar-refractivity contribution in [3.8, 4) is 5.75 Å². The zero-order valence-electron chi connectivity index (χ0n) is 16.3. The van der Waals surface area contributed by atoms with Crippen molar-refractivity contribution in [1.29, 1.82) is 0 Å². The first-order chi connectivity index (χ1) is 14.5. The van der Waals surface area contributed by atoms with E-state index in [2.05, 4.69) is 22.1 Å². The molecule has 0 unspecified atom stereocenters. The van der Waals surface area contributed by atoms with Crippen LogP contribution in [0.5, 0.6) is 5.75 Å². The SMILES string of the molecule is C=CCn1c(COc2ccccc2C)nnc1SCC(=O)Nc1ccc(Cl)c(Cl)c1. The van der Waals surface area contributed by atoms with Crippen LogP contribution in [-0.4, -0.2) is 26.4 Å². The Kier molecular flexibility index (Phi) is 7.79. The maximum atomic E-state index is 12.3. The molecule has 1 heterocycles. The molecule has 0 fully saturated rings. The van der Waals surface area contributed by atoms with Crippen LogP contribution in [0, 0.1) is 6.92 Å². The summed E-state index contributed by atoms with van der Waals surface area (Å²) >= 11 is 13.2. The third kappa shape index (κ3) is 5.78. The number of aryl methyl sites for hydroxylation is 1. The Morgan fingerprint density at radius 2 is 2.03 bits per heavy atom. The Hall–Kier alpha value is -2.48. The number of carbonyl (C=O) groups excluding carboxylic acids is 1. The Balaban J connectivity index is 1.62. The number of ether oxygens (including phenoxy) is 1. The van der Waals surface area contributed by atoms with Gasteiger partial charge in [-0.25, -0.2) is 0 Å². The summed E-state index contributed by atoms with van der Waals surface area (Å²) < 4.78 is 7.76. The van der Waals surface area contributed by atoms with Crippen LogP contribution >= 0.6 is 35.0 Å². The maximum absolute atomic E-state index is 12.3. The molecular weight excluding hydrogens is 443 g/mol. The van der Waals surface area contributed by atoms with Crippen molar-refractivity contribution in [2.24, 2.45) is 0 Å². The molecule has 6 nitrogen and oxygen atoms in total. The first-order valence-electron chi connectivity index (χ1n) is 9.07. The molecular formula is C21H20Cl2N4O2S. The van der Waals surface area contributed by atoms with Crippen LogP contribution in [0.25, 0.3) is 0 Å². The highest BCUT2D eigenvalue weighted by molar-refractivity contribution is 7.99. The third-order valence-electron chi connectivity index (χ3n) is 4.09. The topological polar surface area (TPSA) is 69.0 Å². The molecule has 0 radical (unpaired) electrons. The second kappa shape index (κ2) is 10.5. The monoisotopic (exact) mass is 462 g/mol. The number of nitrogens with one attached hydrogen (secondary N) is 1. The van der Waals surface area contributed by atoms with Crippen molar-refractivity contribution in [1.82, 2.24) is 14.8 Å². The highest BCUT2D eigenvalue weighted by atomic mass is 35.5. The van der Waals surface area contributed by atoms with Gasteiger partial charge in [0.2, 0.25) is 5.91 Å². The zero-order valence-corrected chi connectivity index (χ0v) is 18.6. The molecule has 0 aliphatic heterocycles. The molecule has 156 valence electrons. The summed E-state index contributed by atoms with van der Waals surface area (Å²) in [6.45, 7) is 6.55. The summed E-state index contributed by atoms with van der Waals surface area (Å²) in [6, 6.07) is 12.7. The number of nitrogens with zero attached hydrogens (tertiary/aromatic N) is 3. The fourth-order valence-corrected chi connectivity index (χ4v) is 3.67. The number of rotatable bonds is 9. The normalized spacial score (nSPS) is 10.6. The van der Waals surface area contributed by atoms with Crippen LogP contribution in [0.1, 0.15) is 11.4 Å². The summed E-state index contributed by atoms with van der Waals surface area (Å²) in [7, 11) is 0. The molecule has 0 spiro atoms. The van der Waals surface area contributed by atoms with E-state index in [4.69, 9.17) is 27.9 Å². The van der Waals surface area contributed by atoms with Gasteiger partial charge in [0.05, 0.1) is 15.8 Å². The highest BCUT2D eigenvalue weighted by Crippen LogP contribution is 2.25. The van der Waals surface area contributed by atoms with Crippen molar-refractivity contribution >= 4 is 46.6 Å². The number of carbonyl (C=O) groups is 1. The lowest BCUT2D eigenvalue weighted by Gasteiger charge is -2.10. The first-order valence-corrected chi connectivity index (χ1v) is 10.8. The minimum atomic E-state index is -0.191. The number of para-hydroxylation sites is 1. The molecule has 1 amide bonds. The van der Waals surface area contributed by atoms with Gasteiger partial charge in [-0.05, 0) is 36.8 Å². The fourth-order valence-electron chi connectivity index (χ4n) is 2.61.